The number of rotatable bonds is 3. The van der Waals surface area contributed by atoms with Crippen LogP contribution in [0.25, 0.3) is 11.3 Å². The standard InChI is InChI=1S/C17H15N3O/c1-12-4-5-14(10-13(12)2)16-7-6-15(11-19)17(21)20(16)9-3-8-18/h4-7,10H,3,9H2,1-2H3. The zero-order chi connectivity index (χ0) is 15.4. The second-order valence-electron chi connectivity index (χ2n) is 4.91. The van der Waals surface area contributed by atoms with E-state index in [2.05, 4.69) is 0 Å². The second-order valence-corrected chi connectivity index (χ2v) is 4.91. The van der Waals surface area contributed by atoms with Gasteiger partial charge in [0.15, 0.2) is 0 Å². The average molecular weight is 277 g/mol. The first kappa shape index (κ1) is 14.6. The molecule has 0 aliphatic rings. The molecule has 104 valence electrons. The van der Waals surface area contributed by atoms with Crippen LogP contribution in [0.1, 0.15) is 23.1 Å². The lowest BCUT2D eigenvalue weighted by Gasteiger charge is -2.13. The maximum Gasteiger partial charge on any atom is 0.268 e. The minimum Gasteiger partial charge on any atom is -0.306 e. The number of hydrogen-bond donors (Lipinski definition) is 0. The number of aromatic nitrogens is 1. The molecule has 0 aliphatic heterocycles. The molecular formula is C17H15N3O. The lowest BCUT2D eigenvalue weighted by molar-refractivity contribution is 0.692. The Kier molecular flexibility index (Phi) is 4.21. The first-order chi connectivity index (χ1) is 10.1. The maximum absolute atomic E-state index is 12.3. The molecule has 0 fully saturated rings. The van der Waals surface area contributed by atoms with Crippen LogP contribution in [-0.2, 0) is 6.54 Å². The average Bonchev–Trinajstić information content (AvgIpc) is 2.48. The third kappa shape index (κ3) is 2.85. The molecule has 21 heavy (non-hydrogen) atoms. The Morgan fingerprint density at radius 3 is 2.48 bits per heavy atom. The molecule has 0 saturated carbocycles. The Balaban J connectivity index is 2.65. The van der Waals surface area contributed by atoms with Crippen LogP contribution in [0.4, 0.5) is 0 Å². The maximum atomic E-state index is 12.3. The minimum atomic E-state index is -0.344. The fourth-order valence-corrected chi connectivity index (χ4v) is 2.20. The van der Waals surface area contributed by atoms with E-state index in [1.54, 1.807) is 6.07 Å². The molecule has 0 amide bonds. The number of aryl methyl sites for hydroxylation is 2. The van der Waals surface area contributed by atoms with Gasteiger partial charge < -0.3 is 4.57 Å². The van der Waals surface area contributed by atoms with Crippen molar-refractivity contribution in [3.8, 4) is 23.4 Å². The summed E-state index contributed by atoms with van der Waals surface area (Å²) in [6.45, 7) is 4.33. The normalized spacial score (nSPS) is 9.90. The summed E-state index contributed by atoms with van der Waals surface area (Å²) in [5, 5.41) is 17.7. The first-order valence-electron chi connectivity index (χ1n) is 6.67. The van der Waals surface area contributed by atoms with Gasteiger partial charge >= 0.3 is 0 Å². The van der Waals surface area contributed by atoms with Crippen LogP contribution in [0.5, 0.6) is 0 Å². The summed E-state index contributed by atoms with van der Waals surface area (Å²) in [6.07, 6.45) is 0.229. The third-order valence-electron chi connectivity index (χ3n) is 3.54. The molecule has 0 saturated heterocycles. The molecule has 0 unspecified atom stereocenters. The fraction of sp³-hybridized carbons (Fsp3) is 0.235. The molecule has 0 bridgehead atoms. The molecule has 0 atom stereocenters. The number of pyridine rings is 1. The fourth-order valence-electron chi connectivity index (χ4n) is 2.20. The van der Waals surface area contributed by atoms with Gasteiger partial charge in [-0.15, -0.1) is 0 Å². The van der Waals surface area contributed by atoms with Gasteiger partial charge in [-0.2, -0.15) is 10.5 Å². The van der Waals surface area contributed by atoms with Gasteiger partial charge in [-0.1, -0.05) is 12.1 Å². The number of nitriles is 2. The van der Waals surface area contributed by atoms with Gasteiger partial charge in [-0.25, -0.2) is 0 Å². The van der Waals surface area contributed by atoms with Gasteiger partial charge in [0.25, 0.3) is 5.56 Å². The lowest BCUT2D eigenvalue weighted by atomic mass is 10.0. The quantitative estimate of drug-likeness (QED) is 0.866. The molecule has 0 spiro atoms. The molecule has 1 heterocycles. The Morgan fingerprint density at radius 2 is 1.86 bits per heavy atom. The van der Waals surface area contributed by atoms with E-state index in [4.69, 9.17) is 10.5 Å². The molecule has 0 radical (unpaired) electrons. The SMILES string of the molecule is Cc1ccc(-c2ccc(C#N)c(=O)n2CCC#N)cc1C. The number of nitrogens with zero attached hydrogens (tertiary/aromatic N) is 3. The van der Waals surface area contributed by atoms with Crippen LogP contribution in [0.3, 0.4) is 0 Å². The highest BCUT2D eigenvalue weighted by molar-refractivity contribution is 5.62. The van der Waals surface area contributed by atoms with Crippen LogP contribution >= 0.6 is 0 Å². The topological polar surface area (TPSA) is 69.6 Å². The van der Waals surface area contributed by atoms with Crippen LogP contribution in [0.2, 0.25) is 0 Å². The van der Waals surface area contributed by atoms with Gasteiger partial charge in [-0.3, -0.25) is 4.79 Å². The summed E-state index contributed by atoms with van der Waals surface area (Å²) < 4.78 is 1.51. The highest BCUT2D eigenvalue weighted by atomic mass is 16.1. The summed E-state index contributed by atoms with van der Waals surface area (Å²) in [5.41, 5.74) is 3.72. The van der Waals surface area contributed by atoms with Crippen molar-refractivity contribution in [2.24, 2.45) is 0 Å². The Morgan fingerprint density at radius 1 is 1.10 bits per heavy atom. The summed E-state index contributed by atoms with van der Waals surface area (Å²) in [6, 6.07) is 13.2. The molecule has 0 aliphatic carbocycles. The second kappa shape index (κ2) is 6.07. The lowest BCUT2D eigenvalue weighted by Crippen LogP contribution is -2.24. The van der Waals surface area contributed by atoms with E-state index in [0.29, 0.717) is 0 Å². The molecule has 4 nitrogen and oxygen atoms in total. The predicted molar refractivity (Wildman–Crippen MR) is 80.6 cm³/mol. The van der Waals surface area contributed by atoms with Crippen molar-refractivity contribution in [1.29, 1.82) is 10.5 Å². The van der Waals surface area contributed by atoms with E-state index >= 15 is 0 Å². The highest BCUT2D eigenvalue weighted by Crippen LogP contribution is 2.21. The zero-order valence-corrected chi connectivity index (χ0v) is 12.1. The van der Waals surface area contributed by atoms with Crippen LogP contribution in [-0.4, -0.2) is 4.57 Å². The predicted octanol–water partition coefficient (Wildman–Crippen LogP) is 2.92. The Labute approximate surface area is 123 Å². The monoisotopic (exact) mass is 277 g/mol. The van der Waals surface area contributed by atoms with E-state index in [0.717, 1.165) is 16.8 Å². The molecule has 2 rings (SSSR count). The molecule has 2 aromatic rings. The van der Waals surface area contributed by atoms with Gasteiger partial charge in [0, 0.05) is 6.54 Å². The van der Waals surface area contributed by atoms with Gasteiger partial charge in [0.1, 0.15) is 11.6 Å². The highest BCUT2D eigenvalue weighted by Gasteiger charge is 2.10. The van der Waals surface area contributed by atoms with Crippen molar-refractivity contribution in [3.63, 3.8) is 0 Å². The number of benzene rings is 1. The van der Waals surface area contributed by atoms with E-state index in [1.807, 2.05) is 44.2 Å². The van der Waals surface area contributed by atoms with Crippen molar-refractivity contribution < 1.29 is 0 Å². The molecule has 1 aromatic heterocycles. The molecule has 0 N–H and O–H groups in total. The van der Waals surface area contributed by atoms with E-state index in [9.17, 15) is 4.79 Å². The van der Waals surface area contributed by atoms with Crippen LogP contribution < -0.4 is 5.56 Å². The smallest absolute Gasteiger partial charge is 0.268 e. The van der Waals surface area contributed by atoms with E-state index in [1.165, 1.54) is 16.2 Å². The Bertz CT molecular complexity index is 819. The molecular weight excluding hydrogens is 262 g/mol. The summed E-state index contributed by atoms with van der Waals surface area (Å²) >= 11 is 0. The van der Waals surface area contributed by atoms with Gasteiger partial charge in [-0.05, 0) is 48.7 Å². The van der Waals surface area contributed by atoms with E-state index < -0.39 is 0 Å². The third-order valence-corrected chi connectivity index (χ3v) is 3.54. The Hall–Kier alpha value is -2.85. The minimum absolute atomic E-state index is 0.0977. The van der Waals surface area contributed by atoms with Crippen molar-refractivity contribution >= 4 is 0 Å². The van der Waals surface area contributed by atoms with Gasteiger partial charge in [0.2, 0.25) is 0 Å². The summed E-state index contributed by atoms with van der Waals surface area (Å²) in [4.78, 5) is 12.3. The van der Waals surface area contributed by atoms with Gasteiger partial charge in [0.05, 0.1) is 18.2 Å². The largest absolute Gasteiger partial charge is 0.306 e. The van der Waals surface area contributed by atoms with Crippen molar-refractivity contribution in [1.82, 2.24) is 4.57 Å². The van der Waals surface area contributed by atoms with Crippen LogP contribution in [0.15, 0.2) is 35.1 Å². The van der Waals surface area contributed by atoms with E-state index in [-0.39, 0.29) is 24.1 Å². The zero-order valence-electron chi connectivity index (χ0n) is 12.1. The number of hydrogen-bond acceptors (Lipinski definition) is 3. The van der Waals surface area contributed by atoms with Crippen molar-refractivity contribution in [2.75, 3.05) is 0 Å². The van der Waals surface area contributed by atoms with Crippen molar-refractivity contribution in [2.45, 2.75) is 26.8 Å². The molecule has 1 aromatic carbocycles. The summed E-state index contributed by atoms with van der Waals surface area (Å²) in [7, 11) is 0. The summed E-state index contributed by atoms with van der Waals surface area (Å²) in [5.74, 6) is 0. The van der Waals surface area contributed by atoms with Crippen LogP contribution in [0, 0.1) is 36.5 Å². The van der Waals surface area contributed by atoms with Crippen molar-refractivity contribution in [3.05, 3.63) is 57.4 Å². The first-order valence-corrected chi connectivity index (χ1v) is 6.67. The molecule has 4 heteroatoms.